The van der Waals surface area contributed by atoms with Gasteiger partial charge in [0.15, 0.2) is 0 Å². The number of benzene rings is 5. The van der Waals surface area contributed by atoms with Crippen LogP contribution in [0.2, 0.25) is 0 Å². The largest absolute Gasteiger partial charge is 0.416 e. The molecule has 0 bridgehead atoms. The van der Waals surface area contributed by atoms with Gasteiger partial charge in [-0.2, -0.15) is 36.9 Å². The van der Waals surface area contributed by atoms with Crippen LogP contribution in [-0.2, 0) is 12.4 Å². The van der Waals surface area contributed by atoms with Gasteiger partial charge in [-0.3, -0.25) is 4.99 Å². The molecule has 0 aliphatic rings. The van der Waals surface area contributed by atoms with Crippen LogP contribution in [0.5, 0.6) is 0 Å². The second-order valence-corrected chi connectivity index (χ2v) is 12.5. The summed E-state index contributed by atoms with van der Waals surface area (Å²) in [5, 5.41) is 20.0. The molecular weight excluding hydrogens is 713 g/mol. The van der Waals surface area contributed by atoms with Crippen molar-refractivity contribution in [1.82, 2.24) is 9.13 Å². The van der Waals surface area contributed by atoms with Gasteiger partial charge in [0.25, 0.3) is 0 Å². The third-order valence-electron chi connectivity index (χ3n) is 9.28. The number of hydrogen-bond acceptors (Lipinski definition) is 3. The Morgan fingerprint density at radius 3 is 1.73 bits per heavy atom. The first-order valence-electron chi connectivity index (χ1n) is 16.9. The van der Waals surface area contributed by atoms with E-state index >= 15 is 0 Å². The normalized spacial score (nSPS) is 12.8. The zero-order valence-electron chi connectivity index (χ0n) is 29.8. The van der Waals surface area contributed by atoms with E-state index in [9.17, 15) is 31.6 Å². The van der Waals surface area contributed by atoms with Crippen LogP contribution in [0.1, 0.15) is 43.0 Å². The number of para-hydroxylation sites is 2. The lowest BCUT2D eigenvalue weighted by Gasteiger charge is -2.20. The molecule has 0 saturated carbocycles. The number of allylic oxidation sites excluding steroid dienone is 5. The quantitative estimate of drug-likeness (QED) is 0.0762. The van der Waals surface area contributed by atoms with Crippen LogP contribution >= 0.6 is 0 Å². The van der Waals surface area contributed by atoms with Crippen molar-refractivity contribution in [3.63, 3.8) is 0 Å². The van der Waals surface area contributed by atoms with Gasteiger partial charge < -0.3 is 9.13 Å². The van der Waals surface area contributed by atoms with Gasteiger partial charge >= 0.3 is 12.4 Å². The third kappa shape index (κ3) is 7.00. The molecular formula is C44H31F6N5. The molecule has 274 valence electrons. The van der Waals surface area contributed by atoms with Gasteiger partial charge in [-0.1, -0.05) is 48.6 Å². The lowest BCUT2D eigenvalue weighted by Crippen LogP contribution is -2.06. The van der Waals surface area contributed by atoms with E-state index in [0.29, 0.717) is 71.7 Å². The lowest BCUT2D eigenvalue weighted by atomic mass is 9.98. The van der Waals surface area contributed by atoms with Crippen LogP contribution in [0.25, 0.3) is 60.6 Å². The van der Waals surface area contributed by atoms with Crippen molar-refractivity contribution in [2.75, 3.05) is 0 Å². The maximum Gasteiger partial charge on any atom is 0.416 e. The van der Waals surface area contributed by atoms with E-state index in [1.165, 1.54) is 18.3 Å². The van der Waals surface area contributed by atoms with Crippen molar-refractivity contribution in [2.45, 2.75) is 33.1 Å². The Labute approximate surface area is 312 Å². The number of aliphatic imine (C=N–C) groups is 1. The highest BCUT2D eigenvalue weighted by Crippen LogP contribution is 2.43. The van der Waals surface area contributed by atoms with E-state index in [-0.39, 0.29) is 0 Å². The molecule has 55 heavy (non-hydrogen) atoms. The van der Waals surface area contributed by atoms with E-state index in [4.69, 9.17) is 5.26 Å². The third-order valence-corrected chi connectivity index (χ3v) is 9.28. The number of alkyl halides is 6. The molecule has 7 rings (SSSR count). The van der Waals surface area contributed by atoms with E-state index in [1.807, 2.05) is 34.3 Å². The van der Waals surface area contributed by atoms with Gasteiger partial charge in [-0.25, -0.2) is 0 Å². The summed E-state index contributed by atoms with van der Waals surface area (Å²) in [6, 6.07) is 30.6. The average Bonchev–Trinajstić information content (AvgIpc) is 3.69. The first-order valence-corrected chi connectivity index (χ1v) is 16.9. The molecule has 0 atom stereocenters. The summed E-state index contributed by atoms with van der Waals surface area (Å²) in [6.45, 7) is 9.09. The smallest absolute Gasteiger partial charge is 0.309 e. The fourth-order valence-electron chi connectivity index (χ4n) is 6.67. The van der Waals surface area contributed by atoms with Crippen molar-refractivity contribution in [3.8, 4) is 17.8 Å². The van der Waals surface area contributed by atoms with Crippen molar-refractivity contribution in [1.29, 1.82) is 10.5 Å². The topological polar surface area (TPSA) is 69.8 Å². The van der Waals surface area contributed by atoms with E-state index < -0.39 is 23.5 Å². The standard InChI is InChI=1S/C39H24F6N4.C5H7N/c1-3-32(48-33-10-6-4-8-26(33)29-19-24(38(40,41)42)13-16-36(29)48)31(22-47-2)28-18-23(21-46)12-15-35(28)49-34-11-7-5-9-27(34)30-20-25(39(43,44)45)14-17-37(30)49;1-3-5(2)4-6/h3-20,22H,2H2,1H3;3H,1-2H3/b31-22-,32-3+;5-3+. The van der Waals surface area contributed by atoms with E-state index in [2.05, 4.69) is 17.8 Å². The molecule has 0 saturated heterocycles. The Bertz CT molecular complexity index is 2810. The predicted octanol–water partition coefficient (Wildman–Crippen LogP) is 12.9. The minimum Gasteiger partial charge on any atom is -0.309 e. The summed E-state index contributed by atoms with van der Waals surface area (Å²) >= 11 is 0. The van der Waals surface area contributed by atoms with Gasteiger partial charge in [-0.15, -0.1) is 0 Å². The molecule has 0 N–H and O–H groups in total. The highest BCUT2D eigenvalue weighted by atomic mass is 19.4. The molecule has 0 amide bonds. The molecule has 0 aliphatic heterocycles. The number of fused-ring (bicyclic) bond motifs is 6. The van der Waals surface area contributed by atoms with Crippen molar-refractivity contribution < 1.29 is 26.3 Å². The molecule has 2 aromatic heterocycles. The fourth-order valence-corrected chi connectivity index (χ4v) is 6.67. The molecule has 0 unspecified atom stereocenters. The van der Waals surface area contributed by atoms with Crippen LogP contribution in [0.3, 0.4) is 0 Å². The molecule has 11 heteroatoms. The second-order valence-electron chi connectivity index (χ2n) is 12.5. The maximum atomic E-state index is 13.8. The summed E-state index contributed by atoms with van der Waals surface area (Å²) in [5.74, 6) is 0. The molecule has 7 aromatic rings. The monoisotopic (exact) mass is 743 g/mol. The zero-order valence-corrected chi connectivity index (χ0v) is 29.8. The van der Waals surface area contributed by atoms with Gasteiger partial charge in [-0.05, 0) is 94.2 Å². The molecule has 0 radical (unpaired) electrons. The summed E-state index contributed by atoms with van der Waals surface area (Å²) < 4.78 is 86.6. The van der Waals surface area contributed by atoms with Gasteiger partial charge in [0.2, 0.25) is 0 Å². The molecule has 0 spiro atoms. The van der Waals surface area contributed by atoms with E-state index in [1.54, 1.807) is 80.6 Å². The lowest BCUT2D eigenvalue weighted by molar-refractivity contribution is -0.138. The second kappa shape index (κ2) is 14.9. The molecule has 5 nitrogen and oxygen atoms in total. The summed E-state index contributed by atoms with van der Waals surface area (Å²) in [4.78, 5) is 4.11. The van der Waals surface area contributed by atoms with Gasteiger partial charge in [0, 0.05) is 44.5 Å². The summed E-state index contributed by atoms with van der Waals surface area (Å²) in [5.41, 5.74) is 3.85. The van der Waals surface area contributed by atoms with Gasteiger partial charge in [0.1, 0.15) is 0 Å². The Kier molecular flexibility index (Phi) is 10.3. The van der Waals surface area contributed by atoms with Crippen LogP contribution in [0, 0.1) is 22.7 Å². The Balaban J connectivity index is 0.000000794. The number of aromatic nitrogens is 2. The number of nitrogens with zero attached hydrogens (tertiary/aromatic N) is 5. The molecule has 2 heterocycles. The first-order chi connectivity index (χ1) is 26.3. The highest BCUT2D eigenvalue weighted by molar-refractivity contribution is 6.15. The van der Waals surface area contributed by atoms with Crippen LogP contribution in [0.15, 0.2) is 132 Å². The Hall–Kier alpha value is -6.85. The van der Waals surface area contributed by atoms with Crippen LogP contribution in [-0.4, -0.2) is 15.9 Å². The molecule has 0 fully saturated rings. The number of halogens is 6. The number of hydrogen-bond donors (Lipinski definition) is 0. The van der Waals surface area contributed by atoms with E-state index in [0.717, 1.165) is 29.8 Å². The minimum absolute atomic E-state index is 0.307. The SMILES string of the molecule is C/C=C(\C)C#N.C=N/C=C(\C(=C/C)n1c2ccccc2c2cc(C(F)(F)F)ccc21)c1cc(C#N)ccc1-n1c2ccccc2c2cc(C(F)(F)F)ccc21. The molecule has 0 aliphatic carbocycles. The number of rotatable bonds is 5. The summed E-state index contributed by atoms with van der Waals surface area (Å²) in [7, 11) is 0. The predicted molar refractivity (Wildman–Crippen MR) is 207 cm³/mol. The van der Waals surface area contributed by atoms with Crippen molar-refractivity contribution >= 4 is 61.6 Å². The zero-order chi connectivity index (χ0) is 39.7. The maximum absolute atomic E-state index is 13.8. The van der Waals surface area contributed by atoms with Crippen molar-refractivity contribution in [2.24, 2.45) is 4.99 Å². The van der Waals surface area contributed by atoms with Gasteiger partial charge in [0.05, 0.1) is 62.3 Å². The Morgan fingerprint density at radius 1 is 0.673 bits per heavy atom. The minimum atomic E-state index is -4.55. The van der Waals surface area contributed by atoms with Crippen LogP contribution < -0.4 is 0 Å². The van der Waals surface area contributed by atoms with Crippen LogP contribution in [0.4, 0.5) is 26.3 Å². The first kappa shape index (κ1) is 37.9. The number of nitriles is 2. The molecule has 5 aromatic carbocycles. The van der Waals surface area contributed by atoms with Crippen molar-refractivity contribution in [3.05, 3.63) is 149 Å². The average molecular weight is 744 g/mol. The fraction of sp³-hybridized carbons (Fsp3) is 0.114. The Morgan fingerprint density at radius 2 is 1.20 bits per heavy atom. The summed E-state index contributed by atoms with van der Waals surface area (Å²) in [6.07, 6.45) is -4.01. The highest BCUT2D eigenvalue weighted by Gasteiger charge is 2.33.